The Balaban J connectivity index is -0.0000000300. The fraction of sp³-hybridized carbons (Fsp3) is 1.00. The van der Waals surface area contributed by atoms with Crippen molar-refractivity contribution in [1.29, 1.82) is 0 Å². The Labute approximate surface area is 107 Å². The molecule has 0 bridgehead atoms. The largest absolute Gasteiger partial charge is 1.00 e. The molecule has 0 aromatic rings. The molecule has 0 fully saturated rings. The number of nitrogens with two attached hydrogens (primary N) is 2. The molecule has 0 atom stereocenters. The van der Waals surface area contributed by atoms with Crippen molar-refractivity contribution in [3.8, 4) is 0 Å². The smallest absolute Gasteiger partial charge is 0.784 e. The second kappa shape index (κ2) is 22.4. The van der Waals surface area contributed by atoms with Crippen molar-refractivity contribution in [2.75, 3.05) is 13.1 Å². The van der Waals surface area contributed by atoms with Crippen molar-refractivity contribution in [3.63, 3.8) is 0 Å². The van der Waals surface area contributed by atoms with Gasteiger partial charge in [-0.25, -0.2) is 0 Å². The molecule has 10 heavy (non-hydrogen) atoms. The minimum atomic E-state index is -3.11. The Morgan fingerprint density at radius 3 is 1.20 bits per heavy atom. The Hall–Kier alpha value is 1.99. The molecule has 0 unspecified atom stereocenters. The Morgan fingerprint density at radius 2 is 1.20 bits per heavy atom. The molecule has 0 radical (unpaired) electrons. The number of hydrogen-bond acceptors (Lipinski definition) is 5. The van der Waals surface area contributed by atoms with Crippen LogP contribution in [0.5, 0.6) is 0 Å². The van der Waals surface area contributed by atoms with Crippen LogP contribution in [0, 0.1) is 0 Å². The minimum Gasteiger partial charge on any atom is -0.784 e. The maximum atomic E-state index is 8.44. The van der Waals surface area contributed by atoms with Gasteiger partial charge in [-0.2, -0.15) is 0 Å². The standard InChI is InChI=1S/C2H8N2.2Na.H2O3S/c3-1-2-4;;;1-4(2)3/h1-4H2;;;(H2,1,2,3)/q;2*+1;/p-2. The molecule has 0 rings (SSSR count). The van der Waals surface area contributed by atoms with E-state index in [0.29, 0.717) is 13.1 Å². The quantitative estimate of drug-likeness (QED) is 0.311. The van der Waals surface area contributed by atoms with Crippen LogP contribution < -0.4 is 70.6 Å². The van der Waals surface area contributed by atoms with Gasteiger partial charge in [0.15, 0.2) is 0 Å². The molecule has 0 aliphatic heterocycles. The first kappa shape index (κ1) is 22.7. The van der Waals surface area contributed by atoms with E-state index in [1.807, 2.05) is 0 Å². The van der Waals surface area contributed by atoms with Crippen molar-refractivity contribution in [2.45, 2.75) is 0 Å². The molecule has 52 valence electrons. The van der Waals surface area contributed by atoms with Crippen LogP contribution in [0.1, 0.15) is 0 Å². The third-order valence-corrected chi connectivity index (χ3v) is 0.167. The van der Waals surface area contributed by atoms with Gasteiger partial charge in [-0.05, 0) is 0 Å². The molecule has 5 nitrogen and oxygen atoms in total. The fourth-order valence-corrected chi connectivity index (χ4v) is 0. The molecule has 0 aromatic carbocycles. The summed E-state index contributed by atoms with van der Waals surface area (Å²) < 4.78 is 25.3. The van der Waals surface area contributed by atoms with E-state index >= 15 is 0 Å². The average molecular weight is 186 g/mol. The zero-order valence-electron chi connectivity index (χ0n) is 6.20. The fourth-order valence-electron chi connectivity index (χ4n) is 0. The molecular weight excluding hydrogens is 178 g/mol. The van der Waals surface area contributed by atoms with E-state index in [9.17, 15) is 0 Å². The van der Waals surface area contributed by atoms with Crippen molar-refractivity contribution in [1.82, 2.24) is 0 Å². The minimum absolute atomic E-state index is 0. The molecule has 8 heteroatoms. The molecule has 0 heterocycles. The van der Waals surface area contributed by atoms with E-state index in [2.05, 4.69) is 0 Å². The third-order valence-electron chi connectivity index (χ3n) is 0.167. The molecule has 0 spiro atoms. The van der Waals surface area contributed by atoms with Gasteiger partial charge in [-0.1, -0.05) is 0 Å². The van der Waals surface area contributed by atoms with Crippen molar-refractivity contribution in [3.05, 3.63) is 0 Å². The van der Waals surface area contributed by atoms with E-state index < -0.39 is 11.4 Å². The molecule has 0 amide bonds. The maximum Gasteiger partial charge on any atom is 1.00 e. The number of rotatable bonds is 1. The molecular formula is C2H8N2Na2O3S. The monoisotopic (exact) mass is 186 g/mol. The second-order valence-corrected chi connectivity index (χ2v) is 1.19. The van der Waals surface area contributed by atoms with Crippen LogP contribution >= 0.6 is 0 Å². The third kappa shape index (κ3) is 90.3. The van der Waals surface area contributed by atoms with E-state index in [4.69, 9.17) is 24.8 Å². The molecule has 4 N–H and O–H groups in total. The Morgan fingerprint density at radius 1 is 1.10 bits per heavy atom. The molecule has 0 aliphatic rings. The summed E-state index contributed by atoms with van der Waals surface area (Å²) >= 11 is -3.11. The second-order valence-electron chi connectivity index (χ2n) is 0.781. The molecule has 0 saturated heterocycles. The van der Waals surface area contributed by atoms with Crippen molar-refractivity contribution >= 4 is 11.4 Å². The first-order chi connectivity index (χ1) is 3.65. The molecule has 0 aromatic heterocycles. The molecule has 0 aliphatic carbocycles. The van der Waals surface area contributed by atoms with Crippen LogP contribution in [0.2, 0.25) is 0 Å². The summed E-state index contributed by atoms with van der Waals surface area (Å²) in [4.78, 5) is 0. The summed E-state index contributed by atoms with van der Waals surface area (Å²) in [7, 11) is 0. The van der Waals surface area contributed by atoms with Crippen LogP contribution in [0.3, 0.4) is 0 Å². The van der Waals surface area contributed by atoms with Gasteiger partial charge in [0.2, 0.25) is 0 Å². The van der Waals surface area contributed by atoms with Crippen molar-refractivity contribution < 1.29 is 72.4 Å². The van der Waals surface area contributed by atoms with Gasteiger partial charge in [0.25, 0.3) is 0 Å². The SMILES string of the molecule is NCCN.O=S([O-])[O-].[Na+].[Na+]. The first-order valence-electron chi connectivity index (χ1n) is 1.82. The van der Waals surface area contributed by atoms with Crippen LogP contribution in [-0.4, -0.2) is 26.4 Å². The average Bonchev–Trinajstić information content (AvgIpc) is 1.65. The van der Waals surface area contributed by atoms with Gasteiger partial charge in [0.1, 0.15) is 0 Å². The predicted octanol–water partition coefficient (Wildman–Crippen LogP) is -8.09. The summed E-state index contributed by atoms with van der Waals surface area (Å²) in [6.45, 7) is 1.19. The maximum absolute atomic E-state index is 8.44. The van der Waals surface area contributed by atoms with Crippen molar-refractivity contribution in [2.24, 2.45) is 11.5 Å². The van der Waals surface area contributed by atoms with Gasteiger partial charge in [-0.15, -0.1) is 11.4 Å². The van der Waals surface area contributed by atoms with Gasteiger partial charge >= 0.3 is 59.1 Å². The van der Waals surface area contributed by atoms with Crippen LogP contribution in [0.15, 0.2) is 0 Å². The van der Waals surface area contributed by atoms with Gasteiger partial charge in [0, 0.05) is 13.1 Å². The van der Waals surface area contributed by atoms with E-state index in [1.165, 1.54) is 0 Å². The zero-order valence-corrected chi connectivity index (χ0v) is 11.0. The first-order valence-corrected chi connectivity index (χ1v) is 2.82. The van der Waals surface area contributed by atoms with Gasteiger partial charge in [-0.3, -0.25) is 4.21 Å². The van der Waals surface area contributed by atoms with Crippen LogP contribution in [0.4, 0.5) is 0 Å². The van der Waals surface area contributed by atoms with Crippen LogP contribution in [-0.2, 0) is 11.4 Å². The summed E-state index contributed by atoms with van der Waals surface area (Å²) in [5, 5.41) is 0. The summed E-state index contributed by atoms with van der Waals surface area (Å²) in [6, 6.07) is 0. The van der Waals surface area contributed by atoms with E-state index in [0.717, 1.165) is 0 Å². The number of hydrogen-bond donors (Lipinski definition) is 2. The zero-order chi connectivity index (χ0) is 6.99. The van der Waals surface area contributed by atoms with Gasteiger partial charge < -0.3 is 20.6 Å². The Bertz CT molecular complexity index is 60.5. The van der Waals surface area contributed by atoms with Crippen LogP contribution in [0.25, 0.3) is 0 Å². The summed E-state index contributed by atoms with van der Waals surface area (Å²) in [5.41, 5.74) is 9.81. The van der Waals surface area contributed by atoms with Gasteiger partial charge in [0.05, 0.1) is 0 Å². The topological polar surface area (TPSA) is 115 Å². The predicted molar refractivity (Wildman–Crippen MR) is 27.8 cm³/mol. The normalized spacial score (nSPS) is 6.50. The molecule has 0 saturated carbocycles. The van der Waals surface area contributed by atoms with E-state index in [1.54, 1.807) is 0 Å². The summed E-state index contributed by atoms with van der Waals surface area (Å²) in [5.74, 6) is 0. The van der Waals surface area contributed by atoms with E-state index in [-0.39, 0.29) is 59.1 Å². The Kier molecular flexibility index (Phi) is 50.9. The summed E-state index contributed by atoms with van der Waals surface area (Å²) in [6.07, 6.45) is 0.